The van der Waals surface area contributed by atoms with Gasteiger partial charge >= 0.3 is 5.97 Å². The number of hydrogen-bond acceptors (Lipinski definition) is 2. The van der Waals surface area contributed by atoms with Crippen molar-refractivity contribution in [3.05, 3.63) is 42.3 Å². The summed E-state index contributed by atoms with van der Waals surface area (Å²) >= 11 is 0. The normalized spacial score (nSPS) is 10.1. The van der Waals surface area contributed by atoms with Crippen LogP contribution >= 0.6 is 0 Å². The van der Waals surface area contributed by atoms with Gasteiger partial charge < -0.3 is 4.74 Å². The van der Waals surface area contributed by atoms with Gasteiger partial charge in [-0.25, -0.2) is 4.79 Å². The van der Waals surface area contributed by atoms with E-state index in [9.17, 15) is 4.79 Å². The Kier molecular flexibility index (Phi) is 5.62. The Labute approximate surface area is 97.6 Å². The van der Waals surface area contributed by atoms with Crippen molar-refractivity contribution in [2.45, 2.75) is 32.6 Å². The number of benzene rings is 1. The number of ether oxygens (including phenoxy) is 1. The lowest BCUT2D eigenvalue weighted by atomic mass is 10.1. The summed E-state index contributed by atoms with van der Waals surface area (Å²) in [5.74, 6) is -0.267. The van der Waals surface area contributed by atoms with Gasteiger partial charge in [0.2, 0.25) is 0 Å². The van der Waals surface area contributed by atoms with Crippen molar-refractivity contribution in [2.24, 2.45) is 0 Å². The molecule has 0 spiro atoms. The molecule has 0 N–H and O–H groups in total. The second-order valence-corrected chi connectivity index (χ2v) is 3.82. The van der Waals surface area contributed by atoms with Crippen molar-refractivity contribution >= 4 is 5.97 Å². The Bertz CT molecular complexity index is 314. The summed E-state index contributed by atoms with van der Waals surface area (Å²) in [6, 6.07) is 6.77. The molecule has 0 fully saturated rings. The minimum atomic E-state index is -0.267. The van der Waals surface area contributed by atoms with Gasteiger partial charge in [0.15, 0.2) is 0 Å². The van der Waals surface area contributed by atoms with Crippen LogP contribution in [0.25, 0.3) is 0 Å². The van der Waals surface area contributed by atoms with Crippen LogP contribution in [0, 0.1) is 6.92 Å². The zero-order valence-electron chi connectivity index (χ0n) is 9.74. The molecule has 0 saturated heterocycles. The van der Waals surface area contributed by atoms with Gasteiger partial charge in [0.05, 0.1) is 12.2 Å². The van der Waals surface area contributed by atoms with Gasteiger partial charge in [0.1, 0.15) is 0 Å². The maximum atomic E-state index is 11.5. The largest absolute Gasteiger partial charge is 0.462 e. The molecule has 0 atom stereocenters. The maximum Gasteiger partial charge on any atom is 0.338 e. The van der Waals surface area contributed by atoms with Crippen molar-refractivity contribution in [1.82, 2.24) is 0 Å². The van der Waals surface area contributed by atoms with E-state index in [1.165, 1.54) is 12.8 Å². The predicted molar refractivity (Wildman–Crippen MR) is 64.3 cm³/mol. The van der Waals surface area contributed by atoms with E-state index >= 15 is 0 Å². The van der Waals surface area contributed by atoms with E-state index in [2.05, 4.69) is 6.92 Å². The lowest BCUT2D eigenvalue weighted by Gasteiger charge is -2.04. The fourth-order valence-corrected chi connectivity index (χ4v) is 1.40. The molecule has 2 radical (unpaired) electrons. The lowest BCUT2D eigenvalue weighted by Crippen LogP contribution is -2.06. The third kappa shape index (κ3) is 4.47. The van der Waals surface area contributed by atoms with E-state index in [-0.39, 0.29) is 5.97 Å². The Morgan fingerprint density at radius 2 is 1.88 bits per heavy atom. The second-order valence-electron chi connectivity index (χ2n) is 3.82. The van der Waals surface area contributed by atoms with Crippen molar-refractivity contribution in [3.63, 3.8) is 0 Å². The first-order valence-corrected chi connectivity index (χ1v) is 5.76. The molecule has 0 saturated carbocycles. The molecule has 1 aromatic rings. The smallest absolute Gasteiger partial charge is 0.338 e. The zero-order chi connectivity index (χ0) is 11.8. The van der Waals surface area contributed by atoms with E-state index < -0.39 is 0 Å². The van der Waals surface area contributed by atoms with Gasteiger partial charge in [0, 0.05) is 0 Å². The summed E-state index contributed by atoms with van der Waals surface area (Å²) in [4.78, 5) is 11.5. The van der Waals surface area contributed by atoms with Crippen molar-refractivity contribution in [1.29, 1.82) is 0 Å². The number of unbranched alkanes of at least 4 members (excludes halogenated alkanes) is 3. The first-order valence-electron chi connectivity index (χ1n) is 5.76. The summed E-state index contributed by atoms with van der Waals surface area (Å²) in [5, 5.41) is 0. The van der Waals surface area contributed by atoms with Crippen LogP contribution in [0.5, 0.6) is 0 Å². The summed E-state index contributed by atoms with van der Waals surface area (Å²) in [5.41, 5.74) is 1.21. The molecule has 0 unspecified atom stereocenters. The Morgan fingerprint density at radius 3 is 2.50 bits per heavy atom. The van der Waals surface area contributed by atoms with E-state index in [0.717, 1.165) is 12.8 Å². The summed E-state index contributed by atoms with van der Waals surface area (Å²) in [6.07, 6.45) is 4.44. The summed E-state index contributed by atoms with van der Waals surface area (Å²) < 4.78 is 5.13. The predicted octanol–water partition coefficient (Wildman–Crippen LogP) is 3.48. The molecule has 0 aliphatic heterocycles. The number of rotatable bonds is 6. The fraction of sp³-hybridized carbons (Fsp3) is 0.429. The van der Waals surface area contributed by atoms with Crippen LogP contribution in [-0.2, 0) is 4.74 Å². The SMILES string of the molecule is [CH]c1ccc(C(=O)OCCCCCC)cc1. The molecule has 1 aromatic carbocycles. The van der Waals surface area contributed by atoms with E-state index in [4.69, 9.17) is 11.7 Å². The molecule has 1 rings (SSSR count). The van der Waals surface area contributed by atoms with Crippen LogP contribution in [0.4, 0.5) is 0 Å². The van der Waals surface area contributed by atoms with E-state index in [0.29, 0.717) is 17.7 Å². The van der Waals surface area contributed by atoms with Crippen LogP contribution in [0.1, 0.15) is 48.5 Å². The minimum absolute atomic E-state index is 0.267. The van der Waals surface area contributed by atoms with Crippen molar-refractivity contribution in [3.8, 4) is 0 Å². The average Bonchev–Trinajstić information content (AvgIpc) is 2.29. The molecule has 86 valence electrons. The summed E-state index contributed by atoms with van der Waals surface area (Å²) in [7, 11) is 0. The topological polar surface area (TPSA) is 26.3 Å². The molecule has 0 aliphatic carbocycles. The highest BCUT2D eigenvalue weighted by molar-refractivity contribution is 5.89. The van der Waals surface area contributed by atoms with Crippen LogP contribution < -0.4 is 0 Å². The van der Waals surface area contributed by atoms with E-state index in [1.54, 1.807) is 24.3 Å². The minimum Gasteiger partial charge on any atom is -0.462 e. The molecule has 16 heavy (non-hydrogen) atoms. The van der Waals surface area contributed by atoms with Crippen molar-refractivity contribution < 1.29 is 9.53 Å². The number of carbonyl (C=O) groups excluding carboxylic acids is 1. The molecule has 0 bridgehead atoms. The van der Waals surface area contributed by atoms with Crippen LogP contribution in [-0.4, -0.2) is 12.6 Å². The first kappa shape index (κ1) is 12.8. The molecule has 0 aliphatic rings. The van der Waals surface area contributed by atoms with Gasteiger partial charge in [-0.2, -0.15) is 0 Å². The first-order chi connectivity index (χ1) is 7.74. The van der Waals surface area contributed by atoms with Crippen molar-refractivity contribution in [2.75, 3.05) is 6.61 Å². The average molecular weight is 218 g/mol. The molecule has 0 aromatic heterocycles. The molecular weight excluding hydrogens is 200 g/mol. The Hall–Kier alpha value is -1.31. The lowest BCUT2D eigenvalue weighted by molar-refractivity contribution is 0.0498. The highest BCUT2D eigenvalue weighted by atomic mass is 16.5. The van der Waals surface area contributed by atoms with Crippen LogP contribution in [0.3, 0.4) is 0 Å². The Balaban J connectivity index is 2.27. The van der Waals surface area contributed by atoms with Crippen LogP contribution in [0.2, 0.25) is 0 Å². The number of esters is 1. The Morgan fingerprint density at radius 1 is 1.19 bits per heavy atom. The van der Waals surface area contributed by atoms with Crippen LogP contribution in [0.15, 0.2) is 24.3 Å². The zero-order valence-corrected chi connectivity index (χ0v) is 9.74. The number of hydrogen-bond donors (Lipinski definition) is 0. The van der Waals surface area contributed by atoms with E-state index in [1.807, 2.05) is 0 Å². The van der Waals surface area contributed by atoms with Gasteiger partial charge in [-0.3, -0.25) is 0 Å². The van der Waals surface area contributed by atoms with Gasteiger partial charge in [-0.05, 0) is 31.0 Å². The standard InChI is InChI=1S/C14H18O2/c1-3-4-5-6-11-16-14(15)13-9-7-12(2)8-10-13/h2,7-10H,3-6,11H2,1H3. The fourth-order valence-electron chi connectivity index (χ4n) is 1.40. The quantitative estimate of drug-likeness (QED) is 0.539. The molecule has 0 amide bonds. The third-order valence-corrected chi connectivity index (χ3v) is 2.38. The second kappa shape index (κ2) is 7.04. The molecule has 0 heterocycles. The van der Waals surface area contributed by atoms with Gasteiger partial charge in [-0.15, -0.1) is 0 Å². The van der Waals surface area contributed by atoms with Gasteiger partial charge in [0.25, 0.3) is 0 Å². The molecular formula is C14H18O2. The molecule has 2 heteroatoms. The summed E-state index contributed by atoms with van der Waals surface area (Å²) in [6.45, 7) is 8.19. The monoisotopic (exact) mass is 218 g/mol. The van der Waals surface area contributed by atoms with Gasteiger partial charge in [-0.1, -0.05) is 38.3 Å². The third-order valence-electron chi connectivity index (χ3n) is 2.38. The maximum absolute atomic E-state index is 11.5. The highest BCUT2D eigenvalue weighted by Crippen LogP contribution is 2.06. The number of carbonyl (C=O) groups is 1. The highest BCUT2D eigenvalue weighted by Gasteiger charge is 2.05. The molecule has 2 nitrogen and oxygen atoms in total.